The van der Waals surface area contributed by atoms with Crippen LogP contribution in [0.15, 0.2) is 69.9 Å². The summed E-state index contributed by atoms with van der Waals surface area (Å²) in [6.45, 7) is 0. The zero-order valence-corrected chi connectivity index (χ0v) is 16.2. The lowest BCUT2D eigenvalue weighted by Crippen LogP contribution is -2.23. The molecule has 0 N–H and O–H groups in total. The normalized spacial score (nSPS) is 12.1. The zero-order chi connectivity index (χ0) is 20.0. The maximum Gasteiger partial charge on any atom is 0.291 e. The van der Waals surface area contributed by atoms with Crippen LogP contribution in [0.3, 0.4) is 0 Å². The fraction of sp³-hybridized carbons (Fsp3) is 0. The highest BCUT2D eigenvalue weighted by molar-refractivity contribution is 7.15. The Kier molecular flexibility index (Phi) is 4.26. The largest absolute Gasteiger partial charge is 0.457 e. The number of fused-ring (bicyclic) bond motifs is 1. The Balaban J connectivity index is 1.51. The molecule has 0 unspecified atom stereocenters. The van der Waals surface area contributed by atoms with Gasteiger partial charge in [-0.15, -0.1) is 5.10 Å². The van der Waals surface area contributed by atoms with E-state index in [1.807, 2.05) is 18.2 Å². The number of furan rings is 1. The fourth-order valence-electron chi connectivity index (χ4n) is 2.88. The van der Waals surface area contributed by atoms with Crippen LogP contribution in [-0.2, 0) is 0 Å². The van der Waals surface area contributed by atoms with Crippen LogP contribution in [0.4, 0.5) is 4.39 Å². The van der Waals surface area contributed by atoms with Crippen molar-refractivity contribution in [2.24, 2.45) is 0 Å². The number of rotatable bonds is 3. The van der Waals surface area contributed by atoms with E-state index in [0.29, 0.717) is 37.4 Å². The minimum Gasteiger partial charge on any atom is -0.457 e. The molecule has 3 aromatic heterocycles. The Morgan fingerprint density at radius 2 is 1.72 bits per heavy atom. The van der Waals surface area contributed by atoms with Crippen LogP contribution in [0.2, 0.25) is 5.02 Å². The van der Waals surface area contributed by atoms with E-state index in [0.717, 1.165) is 5.56 Å². The van der Waals surface area contributed by atoms with Gasteiger partial charge < -0.3 is 4.42 Å². The monoisotopic (exact) mass is 423 g/mol. The van der Waals surface area contributed by atoms with Crippen LogP contribution in [0.25, 0.3) is 33.7 Å². The number of thiazole rings is 1. The van der Waals surface area contributed by atoms with Crippen LogP contribution in [-0.4, -0.2) is 14.6 Å². The molecule has 8 heteroatoms. The van der Waals surface area contributed by atoms with E-state index in [1.54, 1.807) is 36.4 Å². The van der Waals surface area contributed by atoms with E-state index in [-0.39, 0.29) is 11.4 Å². The van der Waals surface area contributed by atoms with Crippen molar-refractivity contribution >= 4 is 34.0 Å². The quantitative estimate of drug-likeness (QED) is 0.431. The van der Waals surface area contributed by atoms with Gasteiger partial charge in [0.15, 0.2) is 5.82 Å². The number of halogens is 2. The molecule has 0 aliphatic heterocycles. The molecule has 142 valence electrons. The van der Waals surface area contributed by atoms with Gasteiger partial charge in [0.2, 0.25) is 4.96 Å². The molecule has 3 heterocycles. The van der Waals surface area contributed by atoms with Gasteiger partial charge in [-0.05, 0) is 60.7 Å². The predicted octanol–water partition coefficient (Wildman–Crippen LogP) is 4.42. The van der Waals surface area contributed by atoms with Crippen LogP contribution in [0.5, 0.6) is 0 Å². The minimum atomic E-state index is -0.340. The summed E-state index contributed by atoms with van der Waals surface area (Å²) in [4.78, 5) is 17.5. The third kappa shape index (κ3) is 3.35. The first-order valence-corrected chi connectivity index (χ1v) is 9.79. The first-order chi connectivity index (χ1) is 14.1. The van der Waals surface area contributed by atoms with Gasteiger partial charge >= 0.3 is 0 Å². The second-order valence-corrected chi connectivity index (χ2v) is 7.71. The van der Waals surface area contributed by atoms with Crippen molar-refractivity contribution in [1.82, 2.24) is 14.6 Å². The molecule has 2 aromatic carbocycles. The summed E-state index contributed by atoms with van der Waals surface area (Å²) in [5, 5.41) is 4.90. The molecule has 0 aliphatic rings. The maximum atomic E-state index is 13.1. The van der Waals surface area contributed by atoms with Crippen molar-refractivity contribution in [2.45, 2.75) is 0 Å². The van der Waals surface area contributed by atoms with E-state index in [4.69, 9.17) is 16.0 Å². The second kappa shape index (κ2) is 6.95. The number of nitrogens with zero attached hydrogens (tertiary/aromatic N) is 3. The molecule has 5 aromatic rings. The smallest absolute Gasteiger partial charge is 0.291 e. The van der Waals surface area contributed by atoms with Gasteiger partial charge in [0.1, 0.15) is 21.9 Å². The highest BCUT2D eigenvalue weighted by atomic mass is 35.5. The Labute approximate surface area is 172 Å². The maximum absolute atomic E-state index is 13.1. The molecule has 5 rings (SSSR count). The SMILES string of the molecule is O=c1c(=Cc2ccc(-c3ccc(Cl)cc3)o2)sc2nc(-c3ccc(F)cc3)nn12. The molecule has 0 saturated heterocycles. The minimum absolute atomic E-state index is 0.282. The fourth-order valence-corrected chi connectivity index (χ4v) is 3.90. The Morgan fingerprint density at radius 1 is 1.00 bits per heavy atom. The standard InChI is InChI=1S/C21H11ClFN3O2S/c22-14-5-1-12(2-6-14)17-10-9-16(28-17)11-18-20(27)26-21(29-18)24-19(25-26)13-3-7-15(23)8-4-13/h1-11H. The molecule has 0 saturated carbocycles. The predicted molar refractivity (Wildman–Crippen MR) is 110 cm³/mol. The van der Waals surface area contributed by atoms with Crippen molar-refractivity contribution in [3.63, 3.8) is 0 Å². The Bertz CT molecular complexity index is 1440. The molecule has 0 radical (unpaired) electrons. The number of benzene rings is 2. The van der Waals surface area contributed by atoms with E-state index in [9.17, 15) is 9.18 Å². The van der Waals surface area contributed by atoms with Crippen LogP contribution in [0.1, 0.15) is 5.76 Å². The van der Waals surface area contributed by atoms with Crippen molar-refractivity contribution < 1.29 is 8.81 Å². The van der Waals surface area contributed by atoms with E-state index >= 15 is 0 Å². The van der Waals surface area contributed by atoms with Gasteiger partial charge in [-0.25, -0.2) is 4.39 Å². The Morgan fingerprint density at radius 3 is 2.45 bits per heavy atom. The molecule has 5 nitrogen and oxygen atoms in total. The summed E-state index contributed by atoms with van der Waals surface area (Å²) >= 11 is 7.13. The number of hydrogen-bond donors (Lipinski definition) is 0. The van der Waals surface area contributed by atoms with E-state index in [2.05, 4.69) is 10.1 Å². The van der Waals surface area contributed by atoms with Gasteiger partial charge in [-0.1, -0.05) is 22.9 Å². The molecular formula is C21H11ClFN3O2S. The summed E-state index contributed by atoms with van der Waals surface area (Å²) in [5.41, 5.74) is 1.25. The second-order valence-electron chi connectivity index (χ2n) is 6.26. The van der Waals surface area contributed by atoms with E-state index in [1.165, 1.54) is 28.0 Å². The number of aromatic nitrogens is 3. The van der Waals surface area contributed by atoms with Gasteiger partial charge in [-0.3, -0.25) is 4.79 Å². The summed E-state index contributed by atoms with van der Waals surface area (Å²) in [7, 11) is 0. The van der Waals surface area contributed by atoms with Gasteiger partial charge in [0.05, 0.1) is 0 Å². The molecule has 29 heavy (non-hydrogen) atoms. The van der Waals surface area contributed by atoms with Crippen molar-refractivity contribution in [2.75, 3.05) is 0 Å². The lowest BCUT2D eigenvalue weighted by atomic mass is 10.2. The summed E-state index contributed by atoms with van der Waals surface area (Å²) in [6, 6.07) is 16.8. The summed E-state index contributed by atoms with van der Waals surface area (Å²) in [6.07, 6.45) is 1.67. The third-order valence-electron chi connectivity index (χ3n) is 4.31. The molecule has 0 atom stereocenters. The average molecular weight is 424 g/mol. The van der Waals surface area contributed by atoms with Gasteiger partial charge in [0, 0.05) is 22.2 Å². The molecule has 0 fully saturated rings. The first-order valence-electron chi connectivity index (χ1n) is 8.60. The van der Waals surface area contributed by atoms with Crippen molar-refractivity contribution in [1.29, 1.82) is 0 Å². The van der Waals surface area contributed by atoms with Crippen molar-refractivity contribution in [3.8, 4) is 22.7 Å². The van der Waals surface area contributed by atoms with Gasteiger partial charge in [0.25, 0.3) is 5.56 Å². The van der Waals surface area contributed by atoms with Crippen LogP contribution in [0, 0.1) is 5.82 Å². The van der Waals surface area contributed by atoms with Crippen molar-refractivity contribution in [3.05, 3.63) is 92.1 Å². The van der Waals surface area contributed by atoms with E-state index < -0.39 is 0 Å². The summed E-state index contributed by atoms with van der Waals surface area (Å²) < 4.78 is 20.6. The number of hydrogen-bond acceptors (Lipinski definition) is 5. The molecule has 0 bridgehead atoms. The Hall–Kier alpha value is -3.29. The molecule has 0 aliphatic carbocycles. The third-order valence-corrected chi connectivity index (χ3v) is 5.52. The molecule has 0 amide bonds. The highest BCUT2D eigenvalue weighted by Crippen LogP contribution is 2.24. The molecular weight excluding hydrogens is 413 g/mol. The lowest BCUT2D eigenvalue weighted by molar-refractivity contribution is 0.571. The van der Waals surface area contributed by atoms with Crippen LogP contribution >= 0.6 is 22.9 Å². The zero-order valence-electron chi connectivity index (χ0n) is 14.7. The van der Waals surface area contributed by atoms with Gasteiger partial charge in [-0.2, -0.15) is 9.50 Å². The highest BCUT2D eigenvalue weighted by Gasteiger charge is 2.12. The lowest BCUT2D eigenvalue weighted by Gasteiger charge is -1.96. The average Bonchev–Trinajstić information content (AvgIpc) is 3.41. The topological polar surface area (TPSA) is 60.4 Å². The summed E-state index contributed by atoms with van der Waals surface area (Å²) in [5.74, 6) is 1.27. The van der Waals surface area contributed by atoms with Crippen LogP contribution < -0.4 is 10.1 Å². The first kappa shape index (κ1) is 17.8. The molecule has 0 spiro atoms.